The zero-order valence-electron chi connectivity index (χ0n) is 8.47. The molecule has 0 aromatic heterocycles. The summed E-state index contributed by atoms with van der Waals surface area (Å²) >= 11 is 0. The normalized spacial score (nSPS) is 40.8. The van der Waals surface area contributed by atoms with Gasteiger partial charge in [0.05, 0.1) is 11.7 Å². The Hall–Kier alpha value is -0.0400. The van der Waals surface area contributed by atoms with Crippen LogP contribution in [0.3, 0.4) is 0 Å². The fourth-order valence-corrected chi connectivity index (χ4v) is 2.78. The van der Waals surface area contributed by atoms with Gasteiger partial charge in [0.1, 0.15) is 0 Å². The van der Waals surface area contributed by atoms with Gasteiger partial charge in [0, 0.05) is 0 Å². The molecule has 0 saturated heterocycles. The molecule has 0 aromatic carbocycles. The summed E-state index contributed by atoms with van der Waals surface area (Å²) in [6, 6.07) is 0. The quantitative estimate of drug-likeness (QED) is 0.585. The maximum atomic E-state index is 6.03. The van der Waals surface area contributed by atoms with Gasteiger partial charge < -0.3 is 4.74 Å². The fourth-order valence-electron chi connectivity index (χ4n) is 2.78. The van der Waals surface area contributed by atoms with Crippen molar-refractivity contribution in [1.82, 2.24) is 0 Å². The zero-order valence-corrected chi connectivity index (χ0v) is 8.47. The molecule has 3 unspecified atom stereocenters. The van der Waals surface area contributed by atoms with E-state index in [9.17, 15) is 0 Å². The summed E-state index contributed by atoms with van der Waals surface area (Å²) in [5, 5.41) is 0. The van der Waals surface area contributed by atoms with E-state index in [-0.39, 0.29) is 5.60 Å². The molecule has 2 rings (SSSR count). The van der Waals surface area contributed by atoms with Crippen LogP contribution in [0, 0.1) is 11.8 Å². The second-order valence-corrected chi connectivity index (χ2v) is 5.44. The Labute approximate surface area is 75.5 Å². The molecule has 2 aliphatic carbocycles. The summed E-state index contributed by atoms with van der Waals surface area (Å²) in [4.78, 5) is 0. The van der Waals surface area contributed by atoms with Crippen molar-refractivity contribution >= 4 is 0 Å². The van der Waals surface area contributed by atoms with Crippen LogP contribution in [-0.2, 0) is 4.74 Å². The Morgan fingerprint density at radius 2 is 1.83 bits per heavy atom. The summed E-state index contributed by atoms with van der Waals surface area (Å²) < 4.78 is 6.03. The van der Waals surface area contributed by atoms with E-state index in [0.29, 0.717) is 6.10 Å². The first-order chi connectivity index (χ1) is 5.54. The lowest BCUT2D eigenvalue weighted by atomic mass is 9.97. The van der Waals surface area contributed by atoms with Crippen molar-refractivity contribution in [3.8, 4) is 0 Å². The Kier molecular flexibility index (Phi) is 1.95. The van der Waals surface area contributed by atoms with Gasteiger partial charge in [-0.3, -0.25) is 0 Å². The van der Waals surface area contributed by atoms with Crippen molar-refractivity contribution in [3.05, 3.63) is 0 Å². The maximum Gasteiger partial charge on any atom is 0.0613 e. The van der Waals surface area contributed by atoms with Crippen molar-refractivity contribution in [3.63, 3.8) is 0 Å². The number of ether oxygens (including phenoxy) is 1. The Bertz CT molecular complexity index is 168. The predicted molar refractivity (Wildman–Crippen MR) is 50.1 cm³/mol. The lowest BCUT2D eigenvalue weighted by Gasteiger charge is -2.30. The molecule has 0 radical (unpaired) electrons. The first-order valence-electron chi connectivity index (χ1n) is 5.22. The van der Waals surface area contributed by atoms with Crippen LogP contribution in [0.2, 0.25) is 0 Å². The predicted octanol–water partition coefficient (Wildman–Crippen LogP) is 2.99. The summed E-state index contributed by atoms with van der Waals surface area (Å²) in [7, 11) is 0. The van der Waals surface area contributed by atoms with Gasteiger partial charge in [-0.05, 0) is 58.3 Å². The van der Waals surface area contributed by atoms with Crippen LogP contribution in [0.1, 0.15) is 46.5 Å². The lowest BCUT2D eigenvalue weighted by Crippen LogP contribution is -2.30. The van der Waals surface area contributed by atoms with Crippen molar-refractivity contribution in [2.24, 2.45) is 11.8 Å². The molecule has 2 bridgehead atoms. The number of hydrogen-bond donors (Lipinski definition) is 0. The van der Waals surface area contributed by atoms with E-state index in [1.54, 1.807) is 0 Å². The molecule has 2 fully saturated rings. The molecule has 0 heterocycles. The number of rotatable bonds is 1. The monoisotopic (exact) mass is 168 g/mol. The van der Waals surface area contributed by atoms with Gasteiger partial charge in [-0.15, -0.1) is 0 Å². The van der Waals surface area contributed by atoms with E-state index < -0.39 is 0 Å². The summed E-state index contributed by atoms with van der Waals surface area (Å²) in [5.41, 5.74) is 0.0646. The molecule has 0 N–H and O–H groups in total. The smallest absolute Gasteiger partial charge is 0.0613 e. The van der Waals surface area contributed by atoms with E-state index in [2.05, 4.69) is 20.8 Å². The van der Waals surface area contributed by atoms with Gasteiger partial charge in [0.25, 0.3) is 0 Å². The van der Waals surface area contributed by atoms with Crippen LogP contribution in [0.25, 0.3) is 0 Å². The van der Waals surface area contributed by atoms with Crippen LogP contribution < -0.4 is 0 Å². The average molecular weight is 168 g/mol. The highest BCUT2D eigenvalue weighted by Crippen LogP contribution is 2.46. The van der Waals surface area contributed by atoms with E-state index in [4.69, 9.17) is 4.74 Å². The largest absolute Gasteiger partial charge is 0.372 e. The maximum absolute atomic E-state index is 6.03. The third kappa shape index (κ3) is 1.66. The first kappa shape index (κ1) is 8.55. The highest BCUT2D eigenvalue weighted by Gasteiger charge is 2.41. The van der Waals surface area contributed by atoms with Gasteiger partial charge in [0.15, 0.2) is 0 Å². The summed E-state index contributed by atoms with van der Waals surface area (Å²) in [6.07, 6.45) is 6.26. The molecule has 0 aliphatic heterocycles. The lowest BCUT2D eigenvalue weighted by molar-refractivity contribution is -0.0815. The molecule has 1 heteroatoms. The fraction of sp³-hybridized carbons (Fsp3) is 1.00. The van der Waals surface area contributed by atoms with E-state index in [1.165, 1.54) is 25.7 Å². The minimum Gasteiger partial charge on any atom is -0.372 e. The highest BCUT2D eigenvalue weighted by atomic mass is 16.5. The van der Waals surface area contributed by atoms with Gasteiger partial charge in [-0.1, -0.05) is 0 Å². The van der Waals surface area contributed by atoms with Crippen molar-refractivity contribution < 1.29 is 4.74 Å². The minimum atomic E-state index is 0.0646. The Balaban J connectivity index is 1.91. The van der Waals surface area contributed by atoms with Crippen molar-refractivity contribution in [1.29, 1.82) is 0 Å². The molecule has 1 nitrogen and oxygen atoms in total. The van der Waals surface area contributed by atoms with Gasteiger partial charge in [0.2, 0.25) is 0 Å². The highest BCUT2D eigenvalue weighted by molar-refractivity contribution is 4.91. The molecule has 70 valence electrons. The molecular weight excluding hydrogens is 148 g/mol. The third-order valence-corrected chi connectivity index (χ3v) is 3.18. The van der Waals surface area contributed by atoms with Crippen molar-refractivity contribution in [2.75, 3.05) is 0 Å². The van der Waals surface area contributed by atoms with Crippen LogP contribution in [0.5, 0.6) is 0 Å². The minimum absolute atomic E-state index is 0.0646. The van der Waals surface area contributed by atoms with Crippen LogP contribution in [0.4, 0.5) is 0 Å². The molecule has 2 saturated carbocycles. The third-order valence-electron chi connectivity index (χ3n) is 3.18. The average Bonchev–Trinajstić information content (AvgIpc) is 2.42. The van der Waals surface area contributed by atoms with E-state index in [0.717, 1.165) is 11.8 Å². The molecule has 0 amide bonds. The molecular formula is C11H20O. The van der Waals surface area contributed by atoms with Crippen LogP contribution >= 0.6 is 0 Å². The topological polar surface area (TPSA) is 9.23 Å². The van der Waals surface area contributed by atoms with E-state index >= 15 is 0 Å². The van der Waals surface area contributed by atoms with E-state index in [1.807, 2.05) is 0 Å². The van der Waals surface area contributed by atoms with Gasteiger partial charge in [-0.2, -0.15) is 0 Å². The van der Waals surface area contributed by atoms with Crippen LogP contribution in [0.15, 0.2) is 0 Å². The van der Waals surface area contributed by atoms with Crippen LogP contribution in [-0.4, -0.2) is 11.7 Å². The second-order valence-electron chi connectivity index (χ2n) is 5.44. The summed E-state index contributed by atoms with van der Waals surface area (Å²) in [5.74, 6) is 1.90. The molecule has 12 heavy (non-hydrogen) atoms. The first-order valence-corrected chi connectivity index (χ1v) is 5.22. The Morgan fingerprint density at radius 3 is 2.25 bits per heavy atom. The SMILES string of the molecule is CC(C)(C)OC1CC2CCC1C2. The van der Waals surface area contributed by atoms with Crippen molar-refractivity contribution in [2.45, 2.75) is 58.2 Å². The molecule has 0 aromatic rings. The van der Waals surface area contributed by atoms with Gasteiger partial charge >= 0.3 is 0 Å². The molecule has 0 spiro atoms. The Morgan fingerprint density at radius 1 is 1.08 bits per heavy atom. The number of hydrogen-bond acceptors (Lipinski definition) is 1. The standard InChI is InChI=1S/C11H20O/c1-11(2,3)12-10-7-8-4-5-9(10)6-8/h8-10H,4-7H2,1-3H3. The number of fused-ring (bicyclic) bond motifs is 2. The second kappa shape index (κ2) is 2.73. The molecule has 2 aliphatic rings. The zero-order chi connectivity index (χ0) is 8.77. The van der Waals surface area contributed by atoms with Gasteiger partial charge in [-0.25, -0.2) is 0 Å². The molecule has 3 atom stereocenters. The summed E-state index contributed by atoms with van der Waals surface area (Å²) in [6.45, 7) is 6.50.